The maximum atomic E-state index is 5.90. The van der Waals surface area contributed by atoms with Gasteiger partial charge in [-0.05, 0) is 43.8 Å². The first-order valence-electron chi connectivity index (χ1n) is 6.89. The van der Waals surface area contributed by atoms with Crippen molar-refractivity contribution in [1.82, 2.24) is 4.90 Å². The van der Waals surface area contributed by atoms with Gasteiger partial charge in [0.25, 0.3) is 0 Å². The lowest BCUT2D eigenvalue weighted by molar-refractivity contribution is 0.259. The van der Waals surface area contributed by atoms with Gasteiger partial charge in [0.15, 0.2) is 0 Å². The number of nitrogens with one attached hydrogen (secondary N) is 1. The summed E-state index contributed by atoms with van der Waals surface area (Å²) in [6.07, 6.45) is 0. The van der Waals surface area contributed by atoms with Crippen molar-refractivity contribution in [3.8, 4) is 0 Å². The molecule has 0 saturated heterocycles. The maximum absolute atomic E-state index is 5.90. The molecule has 0 aliphatic heterocycles. The topological polar surface area (TPSA) is 15.3 Å². The molecule has 0 bridgehead atoms. The van der Waals surface area contributed by atoms with Crippen LogP contribution in [0.3, 0.4) is 0 Å². The number of rotatable bonds is 6. The highest BCUT2D eigenvalue weighted by atomic mass is 35.5. The van der Waals surface area contributed by atoms with Gasteiger partial charge >= 0.3 is 0 Å². The van der Waals surface area contributed by atoms with E-state index in [-0.39, 0.29) is 0 Å². The molecule has 1 unspecified atom stereocenters. The largest absolute Gasteiger partial charge is 0.383 e. The van der Waals surface area contributed by atoms with Crippen LogP contribution in [-0.2, 0) is 6.54 Å². The lowest BCUT2D eigenvalue weighted by Gasteiger charge is -2.25. The summed E-state index contributed by atoms with van der Waals surface area (Å²) in [4.78, 5) is 2.33. The summed E-state index contributed by atoms with van der Waals surface area (Å²) in [6, 6.07) is 18.8. The molecule has 2 nitrogen and oxygen atoms in total. The molecule has 0 saturated carbocycles. The van der Waals surface area contributed by atoms with Crippen LogP contribution in [0.25, 0.3) is 0 Å². The van der Waals surface area contributed by atoms with Crippen molar-refractivity contribution in [2.24, 2.45) is 0 Å². The standard InChI is InChI=1S/C17H21ClN2/c1-14(12-19-17-6-4-3-5-7-17)20(2)13-15-8-10-16(18)11-9-15/h3-11,14,19H,12-13H2,1-2H3. The molecular formula is C17H21ClN2. The Bertz CT molecular complexity index is 510. The van der Waals surface area contributed by atoms with Crippen LogP contribution in [0.4, 0.5) is 5.69 Å². The van der Waals surface area contributed by atoms with Crippen LogP contribution in [-0.4, -0.2) is 24.5 Å². The quantitative estimate of drug-likeness (QED) is 0.854. The van der Waals surface area contributed by atoms with Crippen molar-refractivity contribution >= 4 is 17.3 Å². The summed E-state index contributed by atoms with van der Waals surface area (Å²) in [5.41, 5.74) is 2.45. The molecule has 2 aromatic carbocycles. The lowest BCUT2D eigenvalue weighted by Crippen LogP contribution is -2.34. The number of anilines is 1. The SMILES string of the molecule is CC(CNc1ccccc1)N(C)Cc1ccc(Cl)cc1. The summed E-state index contributed by atoms with van der Waals surface area (Å²) in [7, 11) is 2.14. The number of halogens is 1. The molecule has 0 radical (unpaired) electrons. The number of nitrogens with zero attached hydrogens (tertiary/aromatic N) is 1. The van der Waals surface area contributed by atoms with E-state index >= 15 is 0 Å². The van der Waals surface area contributed by atoms with Crippen LogP contribution in [0.5, 0.6) is 0 Å². The van der Waals surface area contributed by atoms with Crippen molar-refractivity contribution < 1.29 is 0 Å². The van der Waals surface area contributed by atoms with Gasteiger partial charge in [0.05, 0.1) is 0 Å². The van der Waals surface area contributed by atoms with Crippen molar-refractivity contribution in [3.63, 3.8) is 0 Å². The minimum Gasteiger partial charge on any atom is -0.383 e. The van der Waals surface area contributed by atoms with Gasteiger partial charge in [-0.2, -0.15) is 0 Å². The third-order valence-corrected chi connectivity index (χ3v) is 3.73. The summed E-state index contributed by atoms with van der Waals surface area (Å²) in [5.74, 6) is 0. The highest BCUT2D eigenvalue weighted by Crippen LogP contribution is 2.12. The minimum absolute atomic E-state index is 0.450. The van der Waals surface area contributed by atoms with Crippen molar-refractivity contribution in [1.29, 1.82) is 0 Å². The van der Waals surface area contributed by atoms with Gasteiger partial charge in [-0.15, -0.1) is 0 Å². The Labute approximate surface area is 126 Å². The second-order valence-electron chi connectivity index (χ2n) is 5.14. The third kappa shape index (κ3) is 4.55. The predicted octanol–water partition coefficient (Wildman–Crippen LogP) is 4.27. The number of benzene rings is 2. The Balaban J connectivity index is 1.82. The first-order chi connectivity index (χ1) is 9.65. The van der Waals surface area contributed by atoms with Crippen LogP contribution in [0.1, 0.15) is 12.5 Å². The summed E-state index contributed by atoms with van der Waals surface area (Å²) in [6.45, 7) is 4.08. The van der Waals surface area contributed by atoms with E-state index in [4.69, 9.17) is 11.6 Å². The molecule has 3 heteroatoms. The number of para-hydroxylation sites is 1. The molecule has 0 heterocycles. The van der Waals surface area contributed by atoms with Crippen LogP contribution in [0.2, 0.25) is 5.02 Å². The van der Waals surface area contributed by atoms with Crippen molar-refractivity contribution in [2.45, 2.75) is 19.5 Å². The van der Waals surface area contributed by atoms with Crippen LogP contribution in [0.15, 0.2) is 54.6 Å². The van der Waals surface area contributed by atoms with Gasteiger partial charge < -0.3 is 5.32 Å². The molecule has 0 spiro atoms. The van der Waals surface area contributed by atoms with Crippen molar-refractivity contribution in [2.75, 3.05) is 18.9 Å². The van der Waals surface area contributed by atoms with Gasteiger partial charge in [0.2, 0.25) is 0 Å². The molecule has 2 aromatic rings. The molecule has 0 aliphatic carbocycles. The molecule has 0 aromatic heterocycles. The monoisotopic (exact) mass is 288 g/mol. The zero-order valence-electron chi connectivity index (χ0n) is 12.0. The van der Waals surface area contributed by atoms with E-state index in [9.17, 15) is 0 Å². The van der Waals surface area contributed by atoms with E-state index in [1.54, 1.807) is 0 Å². The molecule has 0 fully saturated rings. The molecule has 0 aliphatic rings. The van der Waals surface area contributed by atoms with Gasteiger partial charge in [-0.3, -0.25) is 4.90 Å². The third-order valence-electron chi connectivity index (χ3n) is 3.47. The van der Waals surface area contributed by atoms with E-state index in [1.807, 2.05) is 30.3 Å². The normalized spacial score (nSPS) is 12.4. The van der Waals surface area contributed by atoms with Crippen molar-refractivity contribution in [3.05, 3.63) is 65.2 Å². The molecule has 1 atom stereocenters. The highest BCUT2D eigenvalue weighted by molar-refractivity contribution is 6.30. The summed E-state index contributed by atoms with van der Waals surface area (Å²) in [5, 5.41) is 4.24. The Hall–Kier alpha value is -1.51. The van der Waals surface area contributed by atoms with Gasteiger partial charge in [-0.1, -0.05) is 41.9 Å². The first kappa shape index (κ1) is 14.9. The van der Waals surface area contributed by atoms with E-state index in [1.165, 1.54) is 11.3 Å². The van der Waals surface area contributed by atoms with E-state index in [2.05, 4.69) is 48.5 Å². The molecule has 1 N–H and O–H groups in total. The van der Waals surface area contributed by atoms with Crippen LogP contribution < -0.4 is 5.32 Å². The Kier molecular flexibility index (Phi) is 5.45. The van der Waals surface area contributed by atoms with E-state index in [0.717, 1.165) is 18.1 Å². The smallest absolute Gasteiger partial charge is 0.0406 e. The van der Waals surface area contributed by atoms with Crippen LogP contribution >= 0.6 is 11.6 Å². The Morgan fingerprint density at radius 2 is 1.70 bits per heavy atom. The second kappa shape index (κ2) is 7.32. The number of hydrogen-bond donors (Lipinski definition) is 1. The van der Waals surface area contributed by atoms with Gasteiger partial charge in [0, 0.05) is 29.8 Å². The average molecular weight is 289 g/mol. The van der Waals surface area contributed by atoms with Gasteiger partial charge in [-0.25, -0.2) is 0 Å². The minimum atomic E-state index is 0.450. The zero-order valence-corrected chi connectivity index (χ0v) is 12.8. The van der Waals surface area contributed by atoms with E-state index in [0.29, 0.717) is 6.04 Å². The lowest BCUT2D eigenvalue weighted by atomic mass is 10.2. The number of hydrogen-bond acceptors (Lipinski definition) is 2. The fourth-order valence-electron chi connectivity index (χ4n) is 2.01. The van der Waals surface area contributed by atoms with Crippen LogP contribution in [0, 0.1) is 0 Å². The van der Waals surface area contributed by atoms with E-state index < -0.39 is 0 Å². The first-order valence-corrected chi connectivity index (χ1v) is 7.26. The molecule has 0 amide bonds. The highest BCUT2D eigenvalue weighted by Gasteiger charge is 2.09. The van der Waals surface area contributed by atoms with Gasteiger partial charge in [0.1, 0.15) is 0 Å². The maximum Gasteiger partial charge on any atom is 0.0406 e. The fraction of sp³-hybridized carbons (Fsp3) is 0.294. The molecule has 20 heavy (non-hydrogen) atoms. The number of likely N-dealkylation sites (N-methyl/N-ethyl adjacent to an activating group) is 1. The molecule has 2 rings (SSSR count). The summed E-state index contributed by atoms with van der Waals surface area (Å²) < 4.78 is 0. The second-order valence-corrected chi connectivity index (χ2v) is 5.57. The Morgan fingerprint density at radius 3 is 2.35 bits per heavy atom. The Morgan fingerprint density at radius 1 is 1.05 bits per heavy atom. The summed E-state index contributed by atoms with van der Waals surface area (Å²) >= 11 is 5.90. The zero-order chi connectivity index (χ0) is 14.4. The molecule has 106 valence electrons. The predicted molar refractivity (Wildman–Crippen MR) is 87.3 cm³/mol. The fourth-order valence-corrected chi connectivity index (χ4v) is 2.14. The average Bonchev–Trinajstić information content (AvgIpc) is 2.48. The molecular weight excluding hydrogens is 268 g/mol.